The van der Waals surface area contributed by atoms with Crippen LogP contribution in [0.1, 0.15) is 58.8 Å². The van der Waals surface area contributed by atoms with Crippen LogP contribution in [-0.4, -0.2) is 0 Å². The first-order valence-electron chi connectivity index (χ1n) is 5.32. The van der Waals surface area contributed by atoms with E-state index in [0.29, 0.717) is 0 Å². The molecule has 71 valence electrons. The lowest BCUT2D eigenvalue weighted by molar-refractivity contribution is 0.672. The summed E-state index contributed by atoms with van der Waals surface area (Å²) in [6.07, 6.45) is 11.3. The predicted molar refractivity (Wildman–Crippen MR) is 57.1 cm³/mol. The highest BCUT2D eigenvalue weighted by atomic mass is 14.0. The van der Waals surface area contributed by atoms with Gasteiger partial charge in [0, 0.05) is 0 Å². The summed E-state index contributed by atoms with van der Waals surface area (Å²) >= 11 is 0. The fourth-order valence-corrected chi connectivity index (χ4v) is 1.30. The van der Waals surface area contributed by atoms with Gasteiger partial charge in [-0.05, 0) is 32.6 Å². The molecule has 0 rings (SSSR count). The van der Waals surface area contributed by atoms with Crippen molar-refractivity contribution >= 4 is 0 Å². The van der Waals surface area contributed by atoms with E-state index in [4.69, 9.17) is 0 Å². The maximum Gasteiger partial charge on any atom is -0.0320 e. The van der Waals surface area contributed by atoms with E-state index in [-0.39, 0.29) is 0 Å². The van der Waals surface area contributed by atoms with Crippen LogP contribution in [0.4, 0.5) is 0 Å². The number of hydrogen-bond donors (Lipinski definition) is 0. The SMILES string of the molecule is [CH2]CC(=CCCCCCC)CC. The van der Waals surface area contributed by atoms with E-state index in [0.717, 1.165) is 6.42 Å². The lowest BCUT2D eigenvalue weighted by Crippen LogP contribution is -1.79. The second-order valence-electron chi connectivity index (χ2n) is 3.32. The van der Waals surface area contributed by atoms with Crippen molar-refractivity contribution in [2.24, 2.45) is 0 Å². The molecule has 0 unspecified atom stereocenters. The molecule has 0 fully saturated rings. The van der Waals surface area contributed by atoms with Crippen molar-refractivity contribution in [3.8, 4) is 0 Å². The summed E-state index contributed by atoms with van der Waals surface area (Å²) in [5.74, 6) is 0. The third-order valence-electron chi connectivity index (χ3n) is 2.27. The van der Waals surface area contributed by atoms with Crippen LogP contribution < -0.4 is 0 Å². The highest BCUT2D eigenvalue weighted by Crippen LogP contribution is 2.09. The normalized spacial score (nSPS) is 12.1. The van der Waals surface area contributed by atoms with Crippen LogP contribution in [0.2, 0.25) is 0 Å². The van der Waals surface area contributed by atoms with Gasteiger partial charge >= 0.3 is 0 Å². The van der Waals surface area contributed by atoms with Gasteiger partial charge in [-0.25, -0.2) is 0 Å². The fraction of sp³-hybridized carbons (Fsp3) is 0.750. The van der Waals surface area contributed by atoms with E-state index in [9.17, 15) is 0 Å². The standard InChI is InChI=1S/C12H23/c1-4-7-8-9-10-11-12(5-2)6-3/h11H,2,4-10H2,1,3H3. The summed E-state index contributed by atoms with van der Waals surface area (Å²) in [6.45, 7) is 8.37. The van der Waals surface area contributed by atoms with Crippen LogP contribution in [0.3, 0.4) is 0 Å². The first kappa shape index (κ1) is 11.7. The van der Waals surface area contributed by atoms with E-state index in [1.54, 1.807) is 0 Å². The monoisotopic (exact) mass is 167 g/mol. The van der Waals surface area contributed by atoms with E-state index in [1.807, 2.05) is 0 Å². The lowest BCUT2D eigenvalue weighted by atomic mass is 10.1. The van der Waals surface area contributed by atoms with Gasteiger partial charge in [-0.15, -0.1) is 0 Å². The quantitative estimate of drug-likeness (QED) is 0.386. The largest absolute Gasteiger partial charge is 0.0853 e. The van der Waals surface area contributed by atoms with E-state index in [1.165, 1.54) is 44.1 Å². The molecule has 0 saturated carbocycles. The second kappa shape index (κ2) is 8.83. The van der Waals surface area contributed by atoms with Gasteiger partial charge in [0.05, 0.1) is 0 Å². The van der Waals surface area contributed by atoms with Gasteiger partial charge in [0.15, 0.2) is 0 Å². The first-order valence-corrected chi connectivity index (χ1v) is 5.32. The third kappa shape index (κ3) is 6.45. The number of unbranched alkanes of at least 4 members (excludes halogenated alkanes) is 4. The molecule has 0 atom stereocenters. The minimum Gasteiger partial charge on any atom is -0.0853 e. The zero-order chi connectivity index (χ0) is 9.23. The van der Waals surface area contributed by atoms with Gasteiger partial charge in [0.2, 0.25) is 0 Å². The molecule has 0 heteroatoms. The van der Waals surface area contributed by atoms with Crippen molar-refractivity contribution in [1.29, 1.82) is 0 Å². The van der Waals surface area contributed by atoms with Crippen molar-refractivity contribution in [1.82, 2.24) is 0 Å². The molecule has 0 aliphatic heterocycles. The van der Waals surface area contributed by atoms with Crippen LogP contribution in [0.25, 0.3) is 0 Å². The van der Waals surface area contributed by atoms with Crippen molar-refractivity contribution in [3.05, 3.63) is 18.6 Å². The predicted octanol–water partition coefficient (Wildman–Crippen LogP) is 4.52. The van der Waals surface area contributed by atoms with E-state index < -0.39 is 0 Å². The molecule has 0 nitrogen and oxygen atoms in total. The minimum absolute atomic E-state index is 0.990. The molecule has 0 spiro atoms. The summed E-state index contributed by atoms with van der Waals surface area (Å²) in [5.41, 5.74) is 1.52. The summed E-state index contributed by atoms with van der Waals surface area (Å²) in [4.78, 5) is 0. The molecular formula is C12H23. The fourth-order valence-electron chi connectivity index (χ4n) is 1.30. The average molecular weight is 167 g/mol. The minimum atomic E-state index is 0.990. The first-order chi connectivity index (χ1) is 5.85. The van der Waals surface area contributed by atoms with Crippen molar-refractivity contribution in [3.63, 3.8) is 0 Å². The Morgan fingerprint density at radius 3 is 2.42 bits per heavy atom. The van der Waals surface area contributed by atoms with Gasteiger partial charge in [-0.3, -0.25) is 0 Å². The molecule has 0 aliphatic rings. The molecule has 0 heterocycles. The van der Waals surface area contributed by atoms with Crippen molar-refractivity contribution in [2.75, 3.05) is 0 Å². The van der Waals surface area contributed by atoms with Gasteiger partial charge in [0.1, 0.15) is 0 Å². The Balaban J connectivity index is 3.31. The summed E-state index contributed by atoms with van der Waals surface area (Å²) in [6, 6.07) is 0. The average Bonchev–Trinajstić information content (AvgIpc) is 2.11. The molecule has 0 aromatic rings. The Bertz CT molecular complexity index is 105. The molecule has 1 radical (unpaired) electrons. The van der Waals surface area contributed by atoms with Crippen LogP contribution in [0.5, 0.6) is 0 Å². The highest BCUT2D eigenvalue weighted by molar-refractivity contribution is 5.01. The second-order valence-corrected chi connectivity index (χ2v) is 3.32. The Hall–Kier alpha value is -0.260. The summed E-state index contributed by atoms with van der Waals surface area (Å²) in [5, 5.41) is 0. The molecule has 0 saturated heterocycles. The smallest absolute Gasteiger partial charge is 0.0320 e. The Labute approximate surface area is 78.1 Å². The topological polar surface area (TPSA) is 0 Å². The molecule has 0 N–H and O–H groups in total. The van der Waals surface area contributed by atoms with E-state index in [2.05, 4.69) is 26.8 Å². The molecule has 0 aromatic heterocycles. The van der Waals surface area contributed by atoms with Crippen LogP contribution in [0.15, 0.2) is 11.6 Å². The van der Waals surface area contributed by atoms with Crippen molar-refractivity contribution < 1.29 is 0 Å². The molecule has 0 bridgehead atoms. The van der Waals surface area contributed by atoms with Gasteiger partial charge in [0.25, 0.3) is 0 Å². The molecule has 0 aliphatic carbocycles. The lowest BCUT2D eigenvalue weighted by Gasteiger charge is -1.99. The molecular weight excluding hydrogens is 144 g/mol. The molecule has 0 amide bonds. The maximum absolute atomic E-state index is 3.90. The zero-order valence-corrected chi connectivity index (χ0v) is 8.73. The van der Waals surface area contributed by atoms with Crippen LogP contribution in [0, 0.1) is 6.92 Å². The Kier molecular flexibility index (Phi) is 8.64. The van der Waals surface area contributed by atoms with Crippen LogP contribution >= 0.6 is 0 Å². The van der Waals surface area contributed by atoms with Crippen LogP contribution in [-0.2, 0) is 0 Å². The summed E-state index contributed by atoms with van der Waals surface area (Å²) in [7, 11) is 0. The third-order valence-corrected chi connectivity index (χ3v) is 2.27. The molecule has 0 aromatic carbocycles. The number of hydrogen-bond acceptors (Lipinski definition) is 0. The van der Waals surface area contributed by atoms with Gasteiger partial charge in [-0.1, -0.05) is 44.8 Å². The van der Waals surface area contributed by atoms with E-state index >= 15 is 0 Å². The number of rotatable bonds is 7. The Morgan fingerprint density at radius 1 is 1.17 bits per heavy atom. The van der Waals surface area contributed by atoms with Gasteiger partial charge < -0.3 is 0 Å². The number of allylic oxidation sites excluding steroid dienone is 2. The maximum atomic E-state index is 3.90. The zero-order valence-electron chi connectivity index (χ0n) is 8.73. The highest BCUT2D eigenvalue weighted by Gasteiger charge is 1.89. The van der Waals surface area contributed by atoms with Gasteiger partial charge in [-0.2, -0.15) is 0 Å². The Morgan fingerprint density at radius 2 is 1.92 bits per heavy atom. The molecule has 12 heavy (non-hydrogen) atoms. The van der Waals surface area contributed by atoms with Crippen molar-refractivity contribution in [2.45, 2.75) is 58.8 Å². The summed E-state index contributed by atoms with van der Waals surface area (Å²) < 4.78 is 0.